The maximum atomic E-state index is 6.57. The van der Waals surface area contributed by atoms with Crippen molar-refractivity contribution in [3.8, 4) is 39.9 Å². The molecule has 59 heavy (non-hydrogen) atoms. The van der Waals surface area contributed by atoms with E-state index in [1.165, 1.54) is 52.8 Å². The molecule has 0 aliphatic heterocycles. The fourth-order valence-corrected chi connectivity index (χ4v) is 10.1. The summed E-state index contributed by atoms with van der Waals surface area (Å²) in [6, 6.07) is 64.5. The van der Waals surface area contributed by atoms with E-state index in [4.69, 9.17) is 19.4 Å². The Morgan fingerprint density at radius 1 is 0.373 bits per heavy atom. The third kappa shape index (κ3) is 5.00. The molecule has 13 rings (SSSR count). The van der Waals surface area contributed by atoms with E-state index < -0.39 is 0 Å². The number of para-hydroxylation sites is 1. The van der Waals surface area contributed by atoms with E-state index >= 15 is 0 Å². The average molecular weight is 771 g/mol. The summed E-state index contributed by atoms with van der Waals surface area (Å²) < 4.78 is 11.5. The lowest BCUT2D eigenvalue weighted by Crippen LogP contribution is -2.00. The van der Waals surface area contributed by atoms with Crippen LogP contribution in [0.5, 0.6) is 0 Å². The predicted octanol–water partition coefficient (Wildman–Crippen LogP) is 14.5. The summed E-state index contributed by atoms with van der Waals surface area (Å²) in [7, 11) is 0. The normalized spacial score (nSPS) is 12.1. The molecule has 0 bridgehead atoms. The lowest BCUT2D eigenvalue weighted by molar-refractivity contribution is 0.669. The summed E-state index contributed by atoms with van der Waals surface area (Å²) in [4.78, 5) is 15.4. The van der Waals surface area contributed by atoms with E-state index in [9.17, 15) is 0 Å². The zero-order valence-corrected chi connectivity index (χ0v) is 32.2. The molecule has 274 valence electrons. The first kappa shape index (κ1) is 32.4. The Morgan fingerprint density at radius 3 is 1.86 bits per heavy atom. The van der Waals surface area contributed by atoms with Crippen LogP contribution < -0.4 is 0 Å². The number of aromatic nitrogens is 4. The predicted molar refractivity (Wildman–Crippen MR) is 246 cm³/mol. The molecule has 0 fully saturated rings. The molecule has 0 radical (unpaired) electrons. The van der Waals surface area contributed by atoms with Crippen molar-refractivity contribution in [3.05, 3.63) is 182 Å². The molecule has 13 aromatic rings. The molecule has 0 amide bonds. The van der Waals surface area contributed by atoms with Crippen molar-refractivity contribution in [2.45, 2.75) is 0 Å². The molecule has 0 spiro atoms. The number of hydrogen-bond donors (Lipinski definition) is 0. The van der Waals surface area contributed by atoms with Gasteiger partial charge in [0.2, 0.25) is 0 Å². The molecule has 0 unspecified atom stereocenters. The maximum Gasteiger partial charge on any atom is 0.164 e. The molecule has 5 nitrogen and oxygen atoms in total. The second-order valence-electron chi connectivity index (χ2n) is 15.2. The fourth-order valence-electron chi connectivity index (χ4n) is 9.01. The summed E-state index contributed by atoms with van der Waals surface area (Å²) in [5.41, 5.74) is 7.90. The molecule has 0 N–H and O–H groups in total. The minimum atomic E-state index is 0.610. The number of fused-ring (bicyclic) bond motifs is 12. The lowest BCUT2D eigenvalue weighted by atomic mass is 10.0. The molecular weight excluding hydrogens is 741 g/mol. The highest BCUT2D eigenvalue weighted by Gasteiger charge is 2.19. The van der Waals surface area contributed by atoms with Gasteiger partial charge >= 0.3 is 0 Å². The number of furan rings is 1. The second kappa shape index (κ2) is 12.4. The molecule has 0 aliphatic rings. The van der Waals surface area contributed by atoms with Crippen LogP contribution >= 0.6 is 11.3 Å². The second-order valence-corrected chi connectivity index (χ2v) is 16.3. The quantitative estimate of drug-likeness (QED) is 0.179. The van der Waals surface area contributed by atoms with Crippen molar-refractivity contribution in [1.82, 2.24) is 19.5 Å². The molecule has 0 saturated carbocycles. The van der Waals surface area contributed by atoms with Crippen molar-refractivity contribution in [1.29, 1.82) is 0 Å². The molecule has 9 aromatic carbocycles. The van der Waals surface area contributed by atoms with Crippen LogP contribution in [0.1, 0.15) is 0 Å². The van der Waals surface area contributed by atoms with Crippen LogP contribution in [-0.4, -0.2) is 19.5 Å². The van der Waals surface area contributed by atoms with Crippen LogP contribution in [0.25, 0.3) is 125 Å². The van der Waals surface area contributed by atoms with Crippen LogP contribution in [0.4, 0.5) is 0 Å². The number of rotatable bonds is 4. The van der Waals surface area contributed by atoms with E-state index in [1.807, 2.05) is 24.3 Å². The van der Waals surface area contributed by atoms with Crippen molar-refractivity contribution in [2.75, 3.05) is 0 Å². The van der Waals surface area contributed by atoms with Crippen molar-refractivity contribution >= 4 is 96.8 Å². The monoisotopic (exact) mass is 770 g/mol. The van der Waals surface area contributed by atoms with E-state index in [0.29, 0.717) is 17.5 Å². The molecule has 4 aromatic heterocycles. The minimum Gasteiger partial charge on any atom is -0.456 e. The van der Waals surface area contributed by atoms with E-state index in [1.54, 1.807) is 11.3 Å². The smallest absolute Gasteiger partial charge is 0.164 e. The first-order chi connectivity index (χ1) is 29.2. The first-order valence-corrected chi connectivity index (χ1v) is 20.6. The maximum absolute atomic E-state index is 6.57. The minimum absolute atomic E-state index is 0.610. The molecule has 0 atom stereocenters. The van der Waals surface area contributed by atoms with Gasteiger partial charge in [-0.05, 0) is 100 Å². The summed E-state index contributed by atoms with van der Waals surface area (Å²) >= 11 is 1.81. The van der Waals surface area contributed by atoms with Gasteiger partial charge in [-0.2, -0.15) is 0 Å². The van der Waals surface area contributed by atoms with Gasteiger partial charge in [0.25, 0.3) is 0 Å². The highest BCUT2D eigenvalue weighted by molar-refractivity contribution is 7.25. The Morgan fingerprint density at radius 2 is 1.02 bits per heavy atom. The van der Waals surface area contributed by atoms with Gasteiger partial charge in [-0.1, -0.05) is 103 Å². The van der Waals surface area contributed by atoms with Gasteiger partial charge in [0, 0.05) is 64.1 Å². The van der Waals surface area contributed by atoms with E-state index in [0.717, 1.165) is 55.1 Å². The van der Waals surface area contributed by atoms with Crippen LogP contribution in [0.3, 0.4) is 0 Å². The Hall–Kier alpha value is -7.67. The summed E-state index contributed by atoms with van der Waals surface area (Å²) in [6.45, 7) is 0. The standard InChI is InChI=1S/C53H30N4OS/c1-2-10-32(11-3-1)51-54-52(56-53(55-51)36-21-25-49-42(27-36)39-15-7-9-17-48(39)59-49)35-20-23-46-43(28-35)50-40-30-37(22-18-31(40)19-24-47(50)58-46)57-44-16-8-6-14-38(44)41-26-33-12-4-5-13-34(33)29-45(41)57/h1-30H. The van der Waals surface area contributed by atoms with Crippen molar-refractivity contribution < 1.29 is 4.42 Å². The lowest BCUT2D eigenvalue weighted by Gasteiger charge is -2.11. The Kier molecular flexibility index (Phi) is 6.82. The number of thiophene rings is 1. The first-order valence-electron chi connectivity index (χ1n) is 19.8. The zero-order valence-electron chi connectivity index (χ0n) is 31.4. The largest absolute Gasteiger partial charge is 0.456 e. The number of benzene rings is 9. The van der Waals surface area contributed by atoms with Gasteiger partial charge in [0.15, 0.2) is 17.5 Å². The number of hydrogen-bond acceptors (Lipinski definition) is 5. The van der Waals surface area contributed by atoms with Gasteiger partial charge in [-0.25, -0.2) is 15.0 Å². The fraction of sp³-hybridized carbons (Fsp3) is 0. The van der Waals surface area contributed by atoms with Gasteiger partial charge in [-0.15, -0.1) is 11.3 Å². The molecule has 4 heterocycles. The molecule has 6 heteroatoms. The topological polar surface area (TPSA) is 56.7 Å². The van der Waals surface area contributed by atoms with E-state index in [2.05, 4.69) is 162 Å². The average Bonchev–Trinajstić information content (AvgIpc) is 3.97. The number of nitrogens with zero attached hydrogens (tertiary/aromatic N) is 4. The molecule has 0 saturated heterocycles. The van der Waals surface area contributed by atoms with Crippen molar-refractivity contribution in [3.63, 3.8) is 0 Å². The highest BCUT2D eigenvalue weighted by atomic mass is 32.1. The SMILES string of the molecule is c1ccc(-c2nc(-c3ccc4sc5ccccc5c4c3)nc(-c3ccc4oc5ccc6ccc(-n7c8ccccc8c8cc9ccccc9cc87)cc6c5c4c3)n2)cc1. The van der Waals surface area contributed by atoms with Crippen LogP contribution in [-0.2, 0) is 0 Å². The van der Waals surface area contributed by atoms with Crippen LogP contribution in [0, 0.1) is 0 Å². The summed E-state index contributed by atoms with van der Waals surface area (Å²) in [5.74, 6) is 1.88. The van der Waals surface area contributed by atoms with Gasteiger partial charge in [-0.3, -0.25) is 0 Å². The van der Waals surface area contributed by atoms with Crippen molar-refractivity contribution in [2.24, 2.45) is 0 Å². The molecular formula is C53H30N4OS. The third-order valence-electron chi connectivity index (χ3n) is 11.8. The Balaban J connectivity index is 1.02. The Bertz CT molecular complexity index is 3860. The molecule has 0 aliphatic carbocycles. The van der Waals surface area contributed by atoms with E-state index in [-0.39, 0.29) is 0 Å². The van der Waals surface area contributed by atoms with Gasteiger partial charge in [0.1, 0.15) is 11.2 Å². The highest BCUT2D eigenvalue weighted by Crippen LogP contribution is 2.41. The van der Waals surface area contributed by atoms with Crippen LogP contribution in [0.15, 0.2) is 186 Å². The van der Waals surface area contributed by atoms with Gasteiger partial charge in [0.05, 0.1) is 11.0 Å². The summed E-state index contributed by atoms with van der Waals surface area (Å²) in [6.07, 6.45) is 0. The summed E-state index contributed by atoms with van der Waals surface area (Å²) in [5, 5.41) is 11.7. The van der Waals surface area contributed by atoms with Crippen LogP contribution in [0.2, 0.25) is 0 Å². The zero-order chi connectivity index (χ0) is 38.6. The van der Waals surface area contributed by atoms with Gasteiger partial charge < -0.3 is 8.98 Å². The Labute approximate surface area is 341 Å². The third-order valence-corrected chi connectivity index (χ3v) is 12.9.